The summed E-state index contributed by atoms with van der Waals surface area (Å²) in [6.07, 6.45) is 12.8. The molecule has 2 aliphatic carbocycles. The average molecular weight is 279 g/mol. The highest BCUT2D eigenvalue weighted by Gasteiger charge is 2.42. The van der Waals surface area contributed by atoms with Crippen LogP contribution in [0.3, 0.4) is 0 Å². The van der Waals surface area contributed by atoms with Gasteiger partial charge in [-0.3, -0.25) is 4.79 Å². The quantitative estimate of drug-likeness (QED) is 0.804. The fourth-order valence-corrected chi connectivity index (χ4v) is 3.47. The lowest BCUT2D eigenvalue weighted by Gasteiger charge is -2.31. The van der Waals surface area contributed by atoms with E-state index in [2.05, 4.69) is 17.5 Å². The second-order valence-electron chi connectivity index (χ2n) is 6.30. The lowest BCUT2D eigenvalue weighted by molar-refractivity contribution is -0.186. The zero-order chi connectivity index (χ0) is 13.8. The zero-order valence-electron chi connectivity index (χ0n) is 12.1. The highest BCUT2D eigenvalue weighted by Crippen LogP contribution is 2.37. The third-order valence-electron chi connectivity index (χ3n) is 4.62. The summed E-state index contributed by atoms with van der Waals surface area (Å²) in [6, 6.07) is 0. The van der Waals surface area contributed by atoms with Gasteiger partial charge in [-0.15, -0.1) is 0 Å². The molecule has 1 spiro atoms. The molecule has 1 amide bonds. The van der Waals surface area contributed by atoms with Crippen LogP contribution in [0.15, 0.2) is 12.2 Å². The Kier molecular flexibility index (Phi) is 4.41. The van der Waals surface area contributed by atoms with Crippen LogP contribution >= 0.6 is 0 Å². The summed E-state index contributed by atoms with van der Waals surface area (Å²) in [4.78, 5) is 11.9. The summed E-state index contributed by atoms with van der Waals surface area (Å²) in [6.45, 7) is 1.20. The number of carbonyl (C=O) groups excluding carboxylic acids is 1. The molecule has 0 unspecified atom stereocenters. The van der Waals surface area contributed by atoms with Crippen molar-refractivity contribution in [1.29, 1.82) is 0 Å². The molecule has 3 aliphatic rings. The Labute approximate surface area is 120 Å². The van der Waals surface area contributed by atoms with Gasteiger partial charge in [0.2, 0.25) is 5.91 Å². The maximum Gasteiger partial charge on any atom is 0.220 e. The van der Waals surface area contributed by atoms with Gasteiger partial charge >= 0.3 is 0 Å². The van der Waals surface area contributed by atoms with Crippen LogP contribution in [-0.2, 0) is 14.3 Å². The molecule has 1 saturated carbocycles. The number of nitrogens with one attached hydrogen (secondary N) is 1. The van der Waals surface area contributed by atoms with Gasteiger partial charge in [-0.2, -0.15) is 0 Å². The van der Waals surface area contributed by atoms with E-state index in [9.17, 15) is 4.79 Å². The van der Waals surface area contributed by atoms with Crippen molar-refractivity contribution >= 4 is 5.91 Å². The topological polar surface area (TPSA) is 47.6 Å². The van der Waals surface area contributed by atoms with Crippen molar-refractivity contribution in [2.45, 2.75) is 63.3 Å². The first kappa shape index (κ1) is 14.1. The molecule has 0 aromatic heterocycles. The van der Waals surface area contributed by atoms with Crippen molar-refractivity contribution in [1.82, 2.24) is 5.32 Å². The molecule has 4 nitrogen and oxygen atoms in total. The highest BCUT2D eigenvalue weighted by molar-refractivity contribution is 5.76. The Morgan fingerprint density at radius 2 is 2.15 bits per heavy atom. The fourth-order valence-electron chi connectivity index (χ4n) is 3.47. The fraction of sp³-hybridized carbons (Fsp3) is 0.812. The molecule has 3 rings (SSSR count). The number of rotatable bonds is 4. The third-order valence-corrected chi connectivity index (χ3v) is 4.62. The van der Waals surface area contributed by atoms with Gasteiger partial charge in [-0.25, -0.2) is 0 Å². The first-order valence-corrected chi connectivity index (χ1v) is 8.01. The number of carbonyl (C=O) groups is 1. The summed E-state index contributed by atoms with van der Waals surface area (Å²) >= 11 is 0. The van der Waals surface area contributed by atoms with E-state index in [4.69, 9.17) is 9.47 Å². The van der Waals surface area contributed by atoms with Gasteiger partial charge in [0.1, 0.15) is 6.10 Å². The van der Waals surface area contributed by atoms with Crippen molar-refractivity contribution in [3.63, 3.8) is 0 Å². The molecule has 0 aromatic rings. The number of hydrogen-bond acceptors (Lipinski definition) is 3. The van der Waals surface area contributed by atoms with E-state index in [1.165, 1.54) is 19.3 Å². The largest absolute Gasteiger partial charge is 0.353 e. The van der Waals surface area contributed by atoms with Gasteiger partial charge in [0, 0.05) is 25.8 Å². The number of ether oxygens (including phenoxy) is 2. The van der Waals surface area contributed by atoms with E-state index >= 15 is 0 Å². The average Bonchev–Trinajstić information content (AvgIpc) is 3.08. The first-order chi connectivity index (χ1) is 9.76. The maximum absolute atomic E-state index is 11.9. The van der Waals surface area contributed by atoms with Crippen LogP contribution in [0, 0.1) is 5.92 Å². The van der Waals surface area contributed by atoms with E-state index in [1.807, 2.05) is 0 Å². The molecule has 4 heteroatoms. The predicted molar refractivity (Wildman–Crippen MR) is 76.1 cm³/mol. The molecule has 1 aliphatic heterocycles. The number of allylic oxidation sites excluding steroid dienone is 2. The van der Waals surface area contributed by atoms with E-state index in [0.717, 1.165) is 25.7 Å². The van der Waals surface area contributed by atoms with Crippen molar-refractivity contribution in [2.24, 2.45) is 5.92 Å². The predicted octanol–water partition coefficient (Wildman–Crippen LogP) is 2.53. The van der Waals surface area contributed by atoms with Crippen LogP contribution in [0.1, 0.15) is 51.4 Å². The minimum absolute atomic E-state index is 0.0242. The Hall–Kier alpha value is -0.870. The third kappa shape index (κ3) is 3.41. The van der Waals surface area contributed by atoms with Gasteiger partial charge in [0.05, 0.1) is 6.61 Å². The second-order valence-corrected chi connectivity index (χ2v) is 6.30. The van der Waals surface area contributed by atoms with Crippen LogP contribution in [0.2, 0.25) is 0 Å². The summed E-state index contributed by atoms with van der Waals surface area (Å²) in [7, 11) is 0. The first-order valence-electron chi connectivity index (χ1n) is 8.01. The molecule has 2 fully saturated rings. The Morgan fingerprint density at radius 1 is 1.30 bits per heavy atom. The van der Waals surface area contributed by atoms with Crippen molar-refractivity contribution < 1.29 is 14.3 Å². The number of amides is 1. The summed E-state index contributed by atoms with van der Waals surface area (Å²) in [5.41, 5.74) is 0. The number of hydrogen-bond donors (Lipinski definition) is 1. The molecular weight excluding hydrogens is 254 g/mol. The lowest BCUT2D eigenvalue weighted by Crippen LogP contribution is -2.37. The van der Waals surface area contributed by atoms with Crippen LogP contribution < -0.4 is 5.32 Å². The van der Waals surface area contributed by atoms with Gasteiger partial charge < -0.3 is 14.8 Å². The SMILES string of the molecule is O=C(C[C@@H]1C=CCC1)NC[C@H]1COC2(CCCCC2)O1. The summed E-state index contributed by atoms with van der Waals surface area (Å²) in [5, 5.41) is 3.00. The van der Waals surface area contributed by atoms with Gasteiger partial charge in [-0.05, 0) is 31.6 Å². The molecule has 1 saturated heterocycles. The van der Waals surface area contributed by atoms with Gasteiger partial charge in [0.15, 0.2) is 5.79 Å². The Bertz CT molecular complexity index is 374. The molecule has 0 bridgehead atoms. The van der Waals surface area contributed by atoms with Crippen LogP contribution in [-0.4, -0.2) is 30.9 Å². The molecule has 2 atom stereocenters. The summed E-state index contributed by atoms with van der Waals surface area (Å²) < 4.78 is 11.9. The van der Waals surface area contributed by atoms with Crippen molar-refractivity contribution in [3.8, 4) is 0 Å². The minimum Gasteiger partial charge on any atom is -0.353 e. The maximum atomic E-state index is 11.9. The smallest absolute Gasteiger partial charge is 0.220 e. The van der Waals surface area contributed by atoms with E-state index in [-0.39, 0.29) is 17.8 Å². The molecule has 0 aromatic carbocycles. The van der Waals surface area contributed by atoms with Crippen molar-refractivity contribution in [3.05, 3.63) is 12.2 Å². The summed E-state index contributed by atoms with van der Waals surface area (Å²) in [5.74, 6) is 0.233. The second kappa shape index (κ2) is 6.27. The van der Waals surface area contributed by atoms with E-state index in [1.54, 1.807) is 0 Å². The molecule has 1 heterocycles. The molecule has 112 valence electrons. The zero-order valence-corrected chi connectivity index (χ0v) is 12.1. The molecule has 0 radical (unpaired) electrons. The van der Waals surface area contributed by atoms with E-state index in [0.29, 0.717) is 25.5 Å². The molecule has 1 N–H and O–H groups in total. The van der Waals surface area contributed by atoms with E-state index < -0.39 is 0 Å². The molecular formula is C16H25NO3. The van der Waals surface area contributed by atoms with Crippen LogP contribution in [0.4, 0.5) is 0 Å². The van der Waals surface area contributed by atoms with Crippen LogP contribution in [0.25, 0.3) is 0 Å². The Morgan fingerprint density at radius 3 is 2.90 bits per heavy atom. The van der Waals surface area contributed by atoms with Crippen LogP contribution in [0.5, 0.6) is 0 Å². The highest BCUT2D eigenvalue weighted by atomic mass is 16.7. The monoisotopic (exact) mass is 279 g/mol. The molecule has 20 heavy (non-hydrogen) atoms. The Balaban J connectivity index is 1.38. The van der Waals surface area contributed by atoms with Gasteiger partial charge in [-0.1, -0.05) is 18.6 Å². The van der Waals surface area contributed by atoms with Crippen molar-refractivity contribution in [2.75, 3.05) is 13.2 Å². The normalized spacial score (nSPS) is 31.8. The minimum atomic E-state index is -0.332. The van der Waals surface area contributed by atoms with Gasteiger partial charge in [0.25, 0.3) is 0 Å². The lowest BCUT2D eigenvalue weighted by atomic mass is 9.94. The standard InChI is InChI=1S/C16H25NO3/c18-15(10-13-6-2-3-7-13)17-11-14-12-19-16(20-14)8-4-1-5-9-16/h2,6,13-14H,1,3-5,7-12H2,(H,17,18)/t13-,14+/m1/s1.